The fraction of sp³-hybridized carbons (Fsp3) is 0.286. The van der Waals surface area contributed by atoms with Crippen LogP contribution in [0.5, 0.6) is 0 Å². The SMILES string of the molecule is C[C@H](OCNC(=O)CNC(=O)OCC1c2ccccc2-c2ccccc21)C(=O)O. The number of fused-ring (bicyclic) bond motifs is 3. The summed E-state index contributed by atoms with van der Waals surface area (Å²) < 4.78 is 10.2. The molecule has 2 amide bonds. The molecule has 3 N–H and O–H groups in total. The molecule has 0 saturated carbocycles. The van der Waals surface area contributed by atoms with Crippen LogP contribution < -0.4 is 10.6 Å². The highest BCUT2D eigenvalue weighted by molar-refractivity contribution is 5.82. The van der Waals surface area contributed by atoms with Gasteiger partial charge in [0.25, 0.3) is 0 Å². The second kappa shape index (κ2) is 9.20. The average molecular weight is 398 g/mol. The van der Waals surface area contributed by atoms with Gasteiger partial charge in [-0.25, -0.2) is 9.59 Å². The molecule has 0 aliphatic heterocycles. The minimum Gasteiger partial charge on any atom is -0.479 e. The van der Waals surface area contributed by atoms with Crippen molar-refractivity contribution in [2.45, 2.75) is 18.9 Å². The topological polar surface area (TPSA) is 114 Å². The number of amides is 2. The predicted octanol–water partition coefficient (Wildman–Crippen LogP) is 2.09. The number of hydrogen-bond acceptors (Lipinski definition) is 5. The van der Waals surface area contributed by atoms with Crippen LogP contribution in [0.25, 0.3) is 11.1 Å². The molecule has 0 radical (unpaired) electrons. The molecule has 0 fully saturated rings. The maximum atomic E-state index is 12.0. The zero-order valence-electron chi connectivity index (χ0n) is 15.9. The number of ether oxygens (including phenoxy) is 2. The minimum absolute atomic E-state index is 0.0621. The first-order valence-electron chi connectivity index (χ1n) is 9.17. The molecular weight excluding hydrogens is 376 g/mol. The van der Waals surface area contributed by atoms with E-state index in [9.17, 15) is 14.4 Å². The number of hydrogen-bond donors (Lipinski definition) is 3. The minimum atomic E-state index is -1.13. The van der Waals surface area contributed by atoms with E-state index in [4.69, 9.17) is 14.6 Å². The number of carbonyl (C=O) groups is 3. The Balaban J connectivity index is 1.46. The fourth-order valence-corrected chi connectivity index (χ4v) is 3.18. The zero-order chi connectivity index (χ0) is 20.8. The van der Waals surface area contributed by atoms with Crippen molar-refractivity contribution >= 4 is 18.0 Å². The normalized spacial score (nSPS) is 13.1. The van der Waals surface area contributed by atoms with E-state index < -0.39 is 24.1 Å². The molecule has 2 aromatic carbocycles. The van der Waals surface area contributed by atoms with Crippen LogP contribution >= 0.6 is 0 Å². The number of rotatable bonds is 8. The number of carbonyl (C=O) groups excluding carboxylic acids is 2. The standard InChI is InChI=1S/C21H22N2O6/c1-13(20(25)26)29-12-23-19(24)10-22-21(27)28-11-18-16-8-4-2-6-14(16)15-7-3-5-9-17(15)18/h2-9,13,18H,10-12H2,1H3,(H,22,27)(H,23,24)(H,25,26)/t13-/m0/s1. The maximum absolute atomic E-state index is 12.0. The van der Waals surface area contributed by atoms with E-state index in [2.05, 4.69) is 10.6 Å². The molecular formula is C21H22N2O6. The lowest BCUT2D eigenvalue weighted by atomic mass is 9.98. The number of benzene rings is 2. The van der Waals surface area contributed by atoms with E-state index in [1.165, 1.54) is 6.92 Å². The maximum Gasteiger partial charge on any atom is 0.407 e. The van der Waals surface area contributed by atoms with Gasteiger partial charge in [-0.15, -0.1) is 0 Å². The predicted molar refractivity (Wildman–Crippen MR) is 104 cm³/mol. The highest BCUT2D eigenvalue weighted by Gasteiger charge is 2.29. The summed E-state index contributed by atoms with van der Waals surface area (Å²) in [5.41, 5.74) is 4.46. The number of carboxylic acids is 1. The first-order chi connectivity index (χ1) is 14.0. The van der Waals surface area contributed by atoms with E-state index in [0.717, 1.165) is 22.3 Å². The van der Waals surface area contributed by atoms with Crippen molar-refractivity contribution in [2.75, 3.05) is 19.9 Å². The lowest BCUT2D eigenvalue weighted by Gasteiger charge is -2.14. The van der Waals surface area contributed by atoms with Gasteiger partial charge in [0.05, 0.1) is 0 Å². The summed E-state index contributed by atoms with van der Waals surface area (Å²) in [6.07, 6.45) is -1.74. The van der Waals surface area contributed by atoms with Crippen LogP contribution in [0.4, 0.5) is 4.79 Å². The van der Waals surface area contributed by atoms with Crippen LogP contribution in [-0.4, -0.2) is 49.1 Å². The van der Waals surface area contributed by atoms with Crippen molar-refractivity contribution in [1.82, 2.24) is 10.6 Å². The summed E-state index contributed by atoms with van der Waals surface area (Å²) in [7, 11) is 0. The lowest BCUT2D eigenvalue weighted by molar-refractivity contribution is -0.150. The molecule has 152 valence electrons. The second-order valence-corrected chi connectivity index (χ2v) is 6.57. The number of aliphatic carboxylic acids is 1. The summed E-state index contributed by atoms with van der Waals surface area (Å²) in [4.78, 5) is 34.3. The van der Waals surface area contributed by atoms with E-state index in [1.54, 1.807) is 0 Å². The van der Waals surface area contributed by atoms with Gasteiger partial charge in [0, 0.05) is 5.92 Å². The second-order valence-electron chi connectivity index (χ2n) is 6.57. The molecule has 0 bridgehead atoms. The summed E-state index contributed by atoms with van der Waals surface area (Å²) in [5.74, 6) is -1.71. The molecule has 2 aromatic rings. The summed E-state index contributed by atoms with van der Waals surface area (Å²) in [6.45, 7) is 0.935. The smallest absolute Gasteiger partial charge is 0.407 e. The fourth-order valence-electron chi connectivity index (χ4n) is 3.18. The van der Waals surface area contributed by atoms with Crippen LogP contribution in [0, 0.1) is 0 Å². The summed E-state index contributed by atoms with van der Waals surface area (Å²) >= 11 is 0. The molecule has 0 saturated heterocycles. The Labute approximate surface area is 167 Å². The number of nitrogens with one attached hydrogen (secondary N) is 2. The van der Waals surface area contributed by atoms with Crippen molar-refractivity contribution in [3.8, 4) is 11.1 Å². The third-order valence-electron chi connectivity index (χ3n) is 4.69. The molecule has 29 heavy (non-hydrogen) atoms. The molecule has 0 aromatic heterocycles. The van der Waals surface area contributed by atoms with Gasteiger partial charge in [0.1, 0.15) is 19.9 Å². The summed E-state index contributed by atoms with van der Waals surface area (Å²) in [5, 5.41) is 13.4. The van der Waals surface area contributed by atoms with Crippen LogP contribution in [0.2, 0.25) is 0 Å². The highest BCUT2D eigenvalue weighted by Crippen LogP contribution is 2.44. The Hall–Kier alpha value is -3.39. The molecule has 0 heterocycles. The van der Waals surface area contributed by atoms with Gasteiger partial charge >= 0.3 is 12.1 Å². The molecule has 1 aliphatic carbocycles. The quantitative estimate of drug-likeness (QED) is 0.587. The van der Waals surface area contributed by atoms with Gasteiger partial charge in [0.15, 0.2) is 6.10 Å². The van der Waals surface area contributed by atoms with Gasteiger partial charge in [-0.1, -0.05) is 48.5 Å². The molecule has 8 nitrogen and oxygen atoms in total. The van der Waals surface area contributed by atoms with Gasteiger partial charge < -0.3 is 25.2 Å². The third-order valence-corrected chi connectivity index (χ3v) is 4.69. The summed E-state index contributed by atoms with van der Waals surface area (Å²) in [6, 6.07) is 16.0. The van der Waals surface area contributed by atoms with Gasteiger partial charge in [-0.3, -0.25) is 4.79 Å². The van der Waals surface area contributed by atoms with Crippen molar-refractivity contribution in [1.29, 1.82) is 0 Å². The molecule has 3 rings (SSSR count). The van der Waals surface area contributed by atoms with E-state index >= 15 is 0 Å². The van der Waals surface area contributed by atoms with E-state index in [0.29, 0.717) is 0 Å². The molecule has 1 atom stereocenters. The molecule has 1 aliphatic rings. The van der Waals surface area contributed by atoms with Crippen LogP contribution in [0.1, 0.15) is 24.0 Å². The lowest BCUT2D eigenvalue weighted by Crippen LogP contribution is -2.39. The first-order valence-corrected chi connectivity index (χ1v) is 9.17. The Morgan fingerprint density at radius 2 is 1.59 bits per heavy atom. The van der Waals surface area contributed by atoms with Crippen molar-refractivity contribution in [3.05, 3.63) is 59.7 Å². The van der Waals surface area contributed by atoms with Crippen LogP contribution in [0.3, 0.4) is 0 Å². The van der Waals surface area contributed by atoms with Crippen molar-refractivity contribution in [2.24, 2.45) is 0 Å². The van der Waals surface area contributed by atoms with Gasteiger partial charge in [0.2, 0.25) is 5.91 Å². The van der Waals surface area contributed by atoms with Gasteiger partial charge in [-0.2, -0.15) is 0 Å². The van der Waals surface area contributed by atoms with Crippen molar-refractivity contribution in [3.63, 3.8) is 0 Å². The number of alkyl carbamates (subject to hydrolysis) is 1. The largest absolute Gasteiger partial charge is 0.479 e. The Bertz CT molecular complexity index is 868. The van der Waals surface area contributed by atoms with Crippen LogP contribution in [-0.2, 0) is 19.1 Å². The number of carboxylic acid groups (broad SMARTS) is 1. The molecule has 8 heteroatoms. The van der Waals surface area contributed by atoms with Crippen LogP contribution in [0.15, 0.2) is 48.5 Å². The van der Waals surface area contributed by atoms with Crippen molar-refractivity contribution < 1.29 is 29.0 Å². The first kappa shape index (κ1) is 20.3. The third kappa shape index (κ3) is 4.91. The molecule has 0 spiro atoms. The Morgan fingerprint density at radius 1 is 1.00 bits per heavy atom. The highest BCUT2D eigenvalue weighted by atomic mass is 16.5. The molecule has 0 unspecified atom stereocenters. The van der Waals surface area contributed by atoms with E-state index in [1.807, 2.05) is 48.5 Å². The Kier molecular flexibility index (Phi) is 6.46. The zero-order valence-corrected chi connectivity index (χ0v) is 15.9. The van der Waals surface area contributed by atoms with Gasteiger partial charge in [-0.05, 0) is 29.2 Å². The Morgan fingerprint density at radius 3 is 2.17 bits per heavy atom. The average Bonchev–Trinajstić information content (AvgIpc) is 3.04. The monoisotopic (exact) mass is 398 g/mol. The van der Waals surface area contributed by atoms with E-state index in [-0.39, 0.29) is 25.8 Å².